The van der Waals surface area contributed by atoms with E-state index in [2.05, 4.69) is 11.1 Å². The van der Waals surface area contributed by atoms with Crippen LogP contribution in [0.1, 0.15) is 45.2 Å². The first-order valence-corrected chi connectivity index (χ1v) is 9.68. The van der Waals surface area contributed by atoms with Crippen LogP contribution in [-0.4, -0.2) is 34.7 Å². The number of allylic oxidation sites excluding steroid dienone is 1. The molecule has 140 valence electrons. The van der Waals surface area contributed by atoms with Crippen molar-refractivity contribution in [3.05, 3.63) is 40.7 Å². The minimum absolute atomic E-state index is 0.0931. The zero-order valence-electron chi connectivity index (χ0n) is 15.6. The summed E-state index contributed by atoms with van der Waals surface area (Å²) in [6.45, 7) is 4.99. The van der Waals surface area contributed by atoms with Gasteiger partial charge in [0.25, 0.3) is 0 Å². The van der Waals surface area contributed by atoms with Gasteiger partial charge in [0.2, 0.25) is 5.91 Å². The Kier molecular flexibility index (Phi) is 3.98. The Morgan fingerprint density at radius 2 is 2.04 bits per heavy atom. The third-order valence-electron chi connectivity index (χ3n) is 6.27. The first-order valence-electron chi connectivity index (χ1n) is 9.31. The number of pyridine rings is 1. The number of aromatic nitrogens is 1. The highest BCUT2D eigenvalue weighted by molar-refractivity contribution is 6.30. The number of ketones is 1. The predicted molar refractivity (Wildman–Crippen MR) is 101 cm³/mol. The predicted octanol–water partition coefficient (Wildman–Crippen LogP) is 3.43. The van der Waals surface area contributed by atoms with Gasteiger partial charge in [0.1, 0.15) is 6.07 Å². The van der Waals surface area contributed by atoms with Crippen molar-refractivity contribution in [2.45, 2.75) is 44.9 Å². The Hall–Kier alpha value is -2.19. The molecule has 2 aliphatic carbocycles. The molecule has 6 heteroatoms. The lowest BCUT2D eigenvalue weighted by Crippen LogP contribution is -2.43. The minimum atomic E-state index is -0.576. The summed E-state index contributed by atoms with van der Waals surface area (Å²) in [7, 11) is 0. The zero-order chi connectivity index (χ0) is 19.4. The molecule has 0 radical (unpaired) electrons. The van der Waals surface area contributed by atoms with Gasteiger partial charge in [-0.05, 0) is 37.8 Å². The van der Waals surface area contributed by atoms with Gasteiger partial charge >= 0.3 is 0 Å². The smallest absolute Gasteiger partial charge is 0.234 e. The number of carbonyl (C=O) groups is 2. The maximum absolute atomic E-state index is 13.3. The van der Waals surface area contributed by atoms with Gasteiger partial charge < -0.3 is 4.90 Å². The van der Waals surface area contributed by atoms with E-state index >= 15 is 0 Å². The largest absolute Gasteiger partial charge is 0.341 e. The summed E-state index contributed by atoms with van der Waals surface area (Å²) in [4.78, 5) is 32.0. The first-order chi connectivity index (χ1) is 12.7. The summed E-state index contributed by atoms with van der Waals surface area (Å²) in [6, 6.07) is 5.68. The third-order valence-corrected chi connectivity index (χ3v) is 6.50. The van der Waals surface area contributed by atoms with Gasteiger partial charge in [0.05, 0.1) is 21.7 Å². The average molecular weight is 384 g/mol. The van der Waals surface area contributed by atoms with E-state index in [0.29, 0.717) is 24.5 Å². The zero-order valence-corrected chi connectivity index (χ0v) is 16.3. The molecule has 0 N–H and O–H groups in total. The van der Waals surface area contributed by atoms with Crippen molar-refractivity contribution in [3.8, 4) is 6.07 Å². The molecule has 1 spiro atoms. The van der Waals surface area contributed by atoms with E-state index in [0.717, 1.165) is 25.0 Å². The number of likely N-dealkylation sites (tertiary alicyclic amines) is 1. The molecular formula is C21H22ClN3O2. The highest BCUT2D eigenvalue weighted by Gasteiger charge is 2.57. The third kappa shape index (κ3) is 2.87. The molecule has 1 atom stereocenters. The molecule has 2 fully saturated rings. The van der Waals surface area contributed by atoms with Crippen LogP contribution < -0.4 is 0 Å². The number of amides is 1. The molecule has 1 amide bonds. The van der Waals surface area contributed by atoms with Crippen LogP contribution in [0.3, 0.4) is 0 Å². The number of halogens is 1. The number of hydrogen-bond donors (Lipinski definition) is 0. The van der Waals surface area contributed by atoms with Crippen molar-refractivity contribution in [1.82, 2.24) is 9.88 Å². The summed E-state index contributed by atoms with van der Waals surface area (Å²) in [5.74, 6) is 0.0141. The lowest BCUT2D eigenvalue weighted by Gasteiger charge is -2.38. The maximum Gasteiger partial charge on any atom is 0.234 e. The van der Waals surface area contributed by atoms with E-state index in [-0.39, 0.29) is 22.7 Å². The van der Waals surface area contributed by atoms with Crippen LogP contribution in [0.5, 0.6) is 0 Å². The fraction of sp³-hybridized carbons (Fsp3) is 0.524. The Bertz CT molecular complexity index is 893. The Labute approximate surface area is 164 Å². The molecule has 0 bridgehead atoms. The molecule has 0 unspecified atom stereocenters. The standard InChI is InChI=1S/C21H22ClN3O2/c1-19(2)12-20(9-14(10-23)17(19)26)7-8-25(13-20)18(27)21(5-6-21)16-4-3-15(22)11-24-16/h3-4,9,11H,5-8,12-13H2,1-2H3/t20-/m0/s1. The second-order valence-corrected chi connectivity index (χ2v) is 9.28. The van der Waals surface area contributed by atoms with Gasteiger partial charge in [-0.15, -0.1) is 0 Å². The molecule has 3 aliphatic rings. The summed E-state index contributed by atoms with van der Waals surface area (Å²) in [6.07, 6.45) is 6.46. The molecule has 4 rings (SSSR count). The summed E-state index contributed by atoms with van der Waals surface area (Å²) >= 11 is 5.93. The first kappa shape index (κ1) is 18.2. The SMILES string of the molecule is CC1(C)C[C@@]2(C=C(C#N)C1=O)CCN(C(=O)C1(c3ccc(Cl)cn3)CC1)C2. The lowest BCUT2D eigenvalue weighted by atomic mass is 9.64. The van der Waals surface area contributed by atoms with E-state index in [4.69, 9.17) is 11.6 Å². The van der Waals surface area contributed by atoms with E-state index in [1.54, 1.807) is 12.3 Å². The lowest BCUT2D eigenvalue weighted by molar-refractivity contribution is -0.133. The Morgan fingerprint density at radius 1 is 1.30 bits per heavy atom. The van der Waals surface area contributed by atoms with Gasteiger partial charge in [0.15, 0.2) is 5.78 Å². The Morgan fingerprint density at radius 3 is 2.63 bits per heavy atom. The maximum atomic E-state index is 13.3. The summed E-state index contributed by atoms with van der Waals surface area (Å²) in [5.41, 5.74) is -0.376. The molecule has 0 aromatic carbocycles. The summed E-state index contributed by atoms with van der Waals surface area (Å²) in [5, 5.41) is 9.94. The van der Waals surface area contributed by atoms with Crippen molar-refractivity contribution in [2.24, 2.45) is 10.8 Å². The van der Waals surface area contributed by atoms with Crippen molar-refractivity contribution < 1.29 is 9.59 Å². The average Bonchev–Trinajstić information content (AvgIpc) is 3.34. The van der Waals surface area contributed by atoms with Crippen LogP contribution in [0.15, 0.2) is 30.0 Å². The molecule has 1 aliphatic heterocycles. The monoisotopic (exact) mass is 383 g/mol. The van der Waals surface area contributed by atoms with Crippen molar-refractivity contribution >= 4 is 23.3 Å². The summed E-state index contributed by atoms with van der Waals surface area (Å²) < 4.78 is 0. The molecule has 1 saturated carbocycles. The van der Waals surface area contributed by atoms with Crippen LogP contribution in [0.2, 0.25) is 5.02 Å². The molecule has 27 heavy (non-hydrogen) atoms. The molecule has 1 aromatic rings. The van der Waals surface area contributed by atoms with Crippen molar-refractivity contribution in [2.75, 3.05) is 13.1 Å². The van der Waals surface area contributed by atoms with Crippen LogP contribution in [0.4, 0.5) is 0 Å². The number of Topliss-reactive ketones (excluding diaryl/α,β-unsaturated/α-hetero) is 1. The fourth-order valence-electron chi connectivity index (χ4n) is 4.83. The van der Waals surface area contributed by atoms with Gasteiger partial charge in [-0.2, -0.15) is 5.26 Å². The van der Waals surface area contributed by atoms with E-state index < -0.39 is 10.8 Å². The highest BCUT2D eigenvalue weighted by Crippen LogP contribution is 2.52. The van der Waals surface area contributed by atoms with Crippen LogP contribution in [0, 0.1) is 22.2 Å². The number of carbonyl (C=O) groups excluding carboxylic acids is 2. The van der Waals surface area contributed by atoms with Crippen LogP contribution in [-0.2, 0) is 15.0 Å². The van der Waals surface area contributed by atoms with E-state index in [1.807, 2.05) is 30.9 Å². The molecule has 1 saturated heterocycles. The minimum Gasteiger partial charge on any atom is -0.341 e. The van der Waals surface area contributed by atoms with E-state index in [1.165, 1.54) is 0 Å². The van der Waals surface area contributed by atoms with Crippen LogP contribution >= 0.6 is 11.6 Å². The fourth-order valence-corrected chi connectivity index (χ4v) is 4.94. The quantitative estimate of drug-likeness (QED) is 0.784. The van der Waals surface area contributed by atoms with Gasteiger partial charge in [0, 0.05) is 30.1 Å². The van der Waals surface area contributed by atoms with Crippen molar-refractivity contribution in [3.63, 3.8) is 0 Å². The van der Waals surface area contributed by atoms with E-state index in [9.17, 15) is 14.9 Å². The number of rotatable bonds is 2. The number of nitriles is 1. The second-order valence-electron chi connectivity index (χ2n) is 8.84. The molecule has 5 nitrogen and oxygen atoms in total. The number of nitrogens with zero attached hydrogens (tertiary/aromatic N) is 3. The van der Waals surface area contributed by atoms with Gasteiger partial charge in [-0.3, -0.25) is 14.6 Å². The molecule has 1 aromatic heterocycles. The Balaban J connectivity index is 1.59. The van der Waals surface area contributed by atoms with Crippen LogP contribution in [0.25, 0.3) is 0 Å². The second kappa shape index (κ2) is 5.90. The van der Waals surface area contributed by atoms with Crippen molar-refractivity contribution in [1.29, 1.82) is 5.26 Å². The topological polar surface area (TPSA) is 74.1 Å². The normalized spacial score (nSPS) is 28.0. The molecular weight excluding hydrogens is 362 g/mol. The van der Waals surface area contributed by atoms with Gasteiger partial charge in [-0.25, -0.2) is 0 Å². The highest BCUT2D eigenvalue weighted by atomic mass is 35.5. The van der Waals surface area contributed by atoms with Gasteiger partial charge in [-0.1, -0.05) is 31.5 Å². The molecule has 2 heterocycles. The number of hydrogen-bond acceptors (Lipinski definition) is 4.